The molecule has 2 amide bonds. The summed E-state index contributed by atoms with van der Waals surface area (Å²) in [6, 6.07) is 22.1. The first-order valence-electron chi connectivity index (χ1n) is 12.0. The number of thioether (sulfide) groups is 1. The minimum atomic E-state index is -0.303. The summed E-state index contributed by atoms with van der Waals surface area (Å²) in [6.07, 6.45) is 0.449. The van der Waals surface area contributed by atoms with Crippen molar-refractivity contribution >= 4 is 56.8 Å². The molecule has 0 radical (unpaired) electrons. The third-order valence-electron chi connectivity index (χ3n) is 5.85. The van der Waals surface area contributed by atoms with E-state index >= 15 is 0 Å². The van der Waals surface area contributed by atoms with Crippen molar-refractivity contribution in [2.24, 2.45) is 5.41 Å². The minimum absolute atomic E-state index is 0.00902. The van der Waals surface area contributed by atoms with E-state index in [0.29, 0.717) is 6.42 Å². The lowest BCUT2D eigenvalue weighted by Gasteiger charge is -2.17. The third-order valence-corrected chi connectivity index (χ3v) is 6.94. The fourth-order valence-corrected chi connectivity index (χ4v) is 5.23. The minimum Gasteiger partial charge on any atom is -0.341 e. The first-order valence-corrected chi connectivity index (χ1v) is 12.9. The van der Waals surface area contributed by atoms with E-state index in [9.17, 15) is 9.59 Å². The van der Waals surface area contributed by atoms with Gasteiger partial charge in [-0.05, 0) is 61.7 Å². The Labute approximate surface area is 211 Å². The Morgan fingerprint density at radius 2 is 1.60 bits per heavy atom. The van der Waals surface area contributed by atoms with Crippen LogP contribution in [0.4, 0.5) is 11.4 Å². The molecule has 0 aliphatic rings. The summed E-state index contributed by atoms with van der Waals surface area (Å²) >= 11 is 1.47. The Bertz CT molecular complexity index is 1380. The Kier molecular flexibility index (Phi) is 7.22. The molecule has 182 valence electrons. The summed E-state index contributed by atoms with van der Waals surface area (Å²) in [7, 11) is 0. The molecule has 3 aromatic carbocycles. The number of anilines is 2. The summed E-state index contributed by atoms with van der Waals surface area (Å²) in [5.74, 6) is -0.0685. The van der Waals surface area contributed by atoms with Crippen molar-refractivity contribution in [3.63, 3.8) is 0 Å². The van der Waals surface area contributed by atoms with Crippen LogP contribution >= 0.6 is 11.8 Å². The molecule has 4 rings (SSSR count). The topological polar surface area (TPSA) is 63.1 Å². The number of nitrogens with zero attached hydrogens (tertiary/aromatic N) is 1. The summed E-state index contributed by atoms with van der Waals surface area (Å²) in [6.45, 7) is 11.0. The summed E-state index contributed by atoms with van der Waals surface area (Å²) in [5.41, 5.74) is 3.83. The van der Waals surface area contributed by atoms with Crippen molar-refractivity contribution in [3.05, 3.63) is 66.7 Å². The molecule has 1 atom stereocenters. The van der Waals surface area contributed by atoms with E-state index in [-0.39, 0.29) is 22.5 Å². The van der Waals surface area contributed by atoms with Crippen LogP contribution in [0.15, 0.2) is 71.6 Å². The van der Waals surface area contributed by atoms with Gasteiger partial charge in [-0.15, -0.1) is 11.8 Å². The standard InChI is InChI=1S/C29H33N3O2S/c1-6-32-25-13-8-7-12-23(25)24-17-21(14-15-26(24)32)31-28(34)19(2)35-22-11-9-10-20(16-22)30-27(33)18-29(3,4)5/h7-17,19H,6,18H2,1-5H3,(H,30,33)(H,31,34). The highest BCUT2D eigenvalue weighted by molar-refractivity contribution is 8.00. The zero-order valence-corrected chi connectivity index (χ0v) is 21.8. The molecule has 35 heavy (non-hydrogen) atoms. The van der Waals surface area contributed by atoms with Gasteiger partial charge in [0.1, 0.15) is 0 Å². The number of rotatable bonds is 7. The van der Waals surface area contributed by atoms with Gasteiger partial charge in [0.05, 0.1) is 5.25 Å². The molecular weight excluding hydrogens is 454 g/mol. The molecule has 1 unspecified atom stereocenters. The SMILES string of the molecule is CCn1c2ccccc2c2cc(NC(=O)C(C)Sc3cccc(NC(=O)CC(C)(C)C)c3)ccc21. The number of carbonyl (C=O) groups is 2. The van der Waals surface area contributed by atoms with Gasteiger partial charge >= 0.3 is 0 Å². The molecule has 0 fully saturated rings. The Morgan fingerprint density at radius 1 is 0.886 bits per heavy atom. The molecular formula is C29H33N3O2S. The Morgan fingerprint density at radius 3 is 2.34 bits per heavy atom. The number of para-hydroxylation sites is 1. The van der Waals surface area contributed by atoms with Crippen LogP contribution in [0.1, 0.15) is 41.0 Å². The van der Waals surface area contributed by atoms with Gasteiger partial charge in [-0.1, -0.05) is 45.0 Å². The maximum absolute atomic E-state index is 13.0. The van der Waals surface area contributed by atoms with E-state index in [0.717, 1.165) is 28.2 Å². The van der Waals surface area contributed by atoms with Crippen molar-refractivity contribution in [1.82, 2.24) is 4.57 Å². The third kappa shape index (κ3) is 5.88. The number of aryl methyl sites for hydroxylation is 1. The molecule has 2 N–H and O–H groups in total. The van der Waals surface area contributed by atoms with Crippen LogP contribution in [0.25, 0.3) is 21.8 Å². The van der Waals surface area contributed by atoms with Crippen molar-refractivity contribution in [3.8, 4) is 0 Å². The van der Waals surface area contributed by atoms with Gasteiger partial charge in [0, 0.05) is 51.0 Å². The van der Waals surface area contributed by atoms with Gasteiger partial charge in [0.2, 0.25) is 11.8 Å². The van der Waals surface area contributed by atoms with Gasteiger partial charge in [0.25, 0.3) is 0 Å². The highest BCUT2D eigenvalue weighted by Crippen LogP contribution is 2.32. The molecule has 0 aliphatic carbocycles. The number of amides is 2. The number of benzene rings is 3. The molecule has 0 aliphatic heterocycles. The zero-order chi connectivity index (χ0) is 25.2. The highest BCUT2D eigenvalue weighted by atomic mass is 32.2. The number of nitrogens with one attached hydrogen (secondary N) is 2. The molecule has 0 saturated carbocycles. The van der Waals surface area contributed by atoms with E-state index in [1.165, 1.54) is 28.2 Å². The quantitative estimate of drug-likeness (QED) is 0.269. The van der Waals surface area contributed by atoms with Crippen molar-refractivity contribution in [2.45, 2.75) is 57.7 Å². The second-order valence-corrected chi connectivity index (χ2v) is 11.5. The van der Waals surface area contributed by atoms with Crippen molar-refractivity contribution < 1.29 is 9.59 Å². The van der Waals surface area contributed by atoms with Crippen LogP contribution in [0.5, 0.6) is 0 Å². The lowest BCUT2D eigenvalue weighted by molar-refractivity contribution is -0.118. The summed E-state index contributed by atoms with van der Waals surface area (Å²) in [5, 5.41) is 8.07. The first-order chi connectivity index (χ1) is 16.6. The molecule has 6 heteroatoms. The molecule has 5 nitrogen and oxygen atoms in total. The number of hydrogen-bond donors (Lipinski definition) is 2. The second kappa shape index (κ2) is 10.2. The Balaban J connectivity index is 1.45. The Hall–Kier alpha value is -3.25. The number of aromatic nitrogens is 1. The first kappa shape index (κ1) is 24.9. The monoisotopic (exact) mass is 487 g/mol. The van der Waals surface area contributed by atoms with Gasteiger partial charge < -0.3 is 15.2 Å². The average Bonchev–Trinajstić information content (AvgIpc) is 3.11. The lowest BCUT2D eigenvalue weighted by Crippen LogP contribution is -2.22. The van der Waals surface area contributed by atoms with E-state index in [4.69, 9.17) is 0 Å². The predicted molar refractivity (Wildman–Crippen MR) is 148 cm³/mol. The summed E-state index contributed by atoms with van der Waals surface area (Å²) < 4.78 is 2.29. The molecule has 0 bridgehead atoms. The fraction of sp³-hybridized carbons (Fsp3) is 0.310. The number of hydrogen-bond acceptors (Lipinski definition) is 3. The molecule has 1 aromatic heterocycles. The van der Waals surface area contributed by atoms with E-state index in [1.807, 2.05) is 64.1 Å². The molecule has 0 saturated heterocycles. The smallest absolute Gasteiger partial charge is 0.237 e. The van der Waals surface area contributed by atoms with E-state index in [1.54, 1.807) is 0 Å². The van der Waals surface area contributed by atoms with Crippen LogP contribution in [-0.4, -0.2) is 21.6 Å². The zero-order valence-electron chi connectivity index (χ0n) is 21.0. The average molecular weight is 488 g/mol. The normalized spacial score (nSPS) is 12.6. The second-order valence-electron chi connectivity index (χ2n) is 10.1. The van der Waals surface area contributed by atoms with Crippen LogP contribution < -0.4 is 10.6 Å². The molecule has 1 heterocycles. The van der Waals surface area contributed by atoms with Crippen molar-refractivity contribution in [1.29, 1.82) is 0 Å². The van der Waals surface area contributed by atoms with Gasteiger partial charge in [-0.3, -0.25) is 9.59 Å². The largest absolute Gasteiger partial charge is 0.341 e. The molecule has 0 spiro atoms. The molecule has 4 aromatic rings. The number of carbonyl (C=O) groups excluding carboxylic acids is 2. The maximum Gasteiger partial charge on any atom is 0.237 e. The van der Waals surface area contributed by atoms with Crippen molar-refractivity contribution in [2.75, 3.05) is 10.6 Å². The predicted octanol–water partition coefficient (Wildman–Crippen LogP) is 7.31. The van der Waals surface area contributed by atoms with E-state index in [2.05, 4.69) is 52.5 Å². The van der Waals surface area contributed by atoms with E-state index < -0.39 is 0 Å². The van der Waals surface area contributed by atoms with Crippen LogP contribution in [0.2, 0.25) is 0 Å². The van der Waals surface area contributed by atoms with Crippen LogP contribution in [0.3, 0.4) is 0 Å². The van der Waals surface area contributed by atoms with Gasteiger partial charge in [0.15, 0.2) is 0 Å². The van der Waals surface area contributed by atoms with Gasteiger partial charge in [-0.25, -0.2) is 0 Å². The fourth-order valence-electron chi connectivity index (χ4n) is 4.31. The van der Waals surface area contributed by atoms with Crippen LogP contribution in [0, 0.1) is 5.41 Å². The highest BCUT2D eigenvalue weighted by Gasteiger charge is 2.18. The summed E-state index contributed by atoms with van der Waals surface area (Å²) in [4.78, 5) is 26.2. The number of fused-ring (bicyclic) bond motifs is 3. The lowest BCUT2D eigenvalue weighted by atomic mass is 9.92. The maximum atomic E-state index is 13.0. The van der Waals surface area contributed by atoms with Crippen LogP contribution in [-0.2, 0) is 16.1 Å². The van der Waals surface area contributed by atoms with Gasteiger partial charge in [-0.2, -0.15) is 0 Å².